The van der Waals surface area contributed by atoms with Gasteiger partial charge < -0.3 is 5.11 Å². The molecule has 0 aromatic carbocycles. The van der Waals surface area contributed by atoms with Crippen LogP contribution in [0.5, 0.6) is 0 Å². The van der Waals surface area contributed by atoms with Gasteiger partial charge in [-0.1, -0.05) is 25.2 Å². The number of aliphatic hydroxyl groups excluding tert-OH is 1. The van der Waals surface area contributed by atoms with E-state index in [0.717, 1.165) is 0 Å². The largest absolute Gasteiger partial charge is 0.395 e. The highest BCUT2D eigenvalue weighted by atomic mass is 16.2. The highest BCUT2D eigenvalue weighted by Crippen LogP contribution is 2.22. The topological polar surface area (TPSA) is 20.2 Å². The molecule has 1 rings (SSSR count). The Morgan fingerprint density at radius 3 is 2.55 bits per heavy atom. The fourth-order valence-electron chi connectivity index (χ4n) is 1.52. The summed E-state index contributed by atoms with van der Waals surface area (Å²) in [5.41, 5.74) is 0. The maximum Gasteiger partial charge on any atom is 0.0540 e. The second kappa shape index (κ2) is 5.21. The van der Waals surface area contributed by atoms with E-state index in [1.54, 1.807) is 0 Å². The van der Waals surface area contributed by atoms with E-state index in [9.17, 15) is 0 Å². The summed E-state index contributed by atoms with van der Waals surface area (Å²) in [6.07, 6.45) is 7.28. The third kappa shape index (κ3) is 3.43. The van der Waals surface area contributed by atoms with Crippen LogP contribution >= 0.6 is 0 Å². The lowest BCUT2D eigenvalue weighted by atomic mass is 9.90. The van der Waals surface area contributed by atoms with E-state index in [1.165, 1.54) is 32.1 Å². The van der Waals surface area contributed by atoms with Crippen molar-refractivity contribution in [2.45, 2.75) is 38.5 Å². The van der Waals surface area contributed by atoms with Crippen molar-refractivity contribution in [3.63, 3.8) is 0 Å². The molecule has 0 aromatic rings. The van der Waals surface area contributed by atoms with Gasteiger partial charge in [0.2, 0.25) is 0 Å². The molecule has 0 spiro atoms. The van der Waals surface area contributed by atoms with Crippen LogP contribution in [0.2, 0.25) is 0 Å². The third-order valence-electron chi connectivity index (χ3n) is 2.15. The van der Waals surface area contributed by atoms with Gasteiger partial charge in [-0.15, -0.1) is 5.92 Å². The number of hydrogen-bond donors (Lipinski definition) is 1. The quantitative estimate of drug-likeness (QED) is 0.569. The van der Waals surface area contributed by atoms with Crippen LogP contribution < -0.4 is 0 Å². The van der Waals surface area contributed by atoms with Crippen molar-refractivity contribution in [1.29, 1.82) is 0 Å². The van der Waals surface area contributed by atoms with Crippen molar-refractivity contribution in [2.24, 2.45) is 5.92 Å². The summed E-state index contributed by atoms with van der Waals surface area (Å²) in [6.45, 7) is 0.208. The first-order valence-corrected chi connectivity index (χ1v) is 4.52. The molecule has 0 atom stereocenters. The van der Waals surface area contributed by atoms with Gasteiger partial charge in [0.1, 0.15) is 0 Å². The van der Waals surface area contributed by atoms with Crippen molar-refractivity contribution in [1.82, 2.24) is 0 Å². The second-order valence-electron chi connectivity index (χ2n) is 3.13. The lowest BCUT2D eigenvalue weighted by molar-refractivity contribution is 0.305. The molecule has 0 bridgehead atoms. The highest BCUT2D eigenvalue weighted by Gasteiger charge is 2.09. The van der Waals surface area contributed by atoms with Gasteiger partial charge in [-0.3, -0.25) is 0 Å². The van der Waals surface area contributed by atoms with E-state index in [0.29, 0.717) is 12.3 Å². The second-order valence-corrected chi connectivity index (χ2v) is 3.13. The molecule has 0 heterocycles. The first kappa shape index (κ1) is 8.62. The van der Waals surface area contributed by atoms with Gasteiger partial charge in [0, 0.05) is 12.3 Å². The minimum Gasteiger partial charge on any atom is -0.395 e. The van der Waals surface area contributed by atoms with Gasteiger partial charge in [-0.05, 0) is 12.8 Å². The van der Waals surface area contributed by atoms with Crippen LogP contribution in [-0.2, 0) is 0 Å². The molecular weight excluding hydrogens is 136 g/mol. The molecule has 11 heavy (non-hydrogen) atoms. The van der Waals surface area contributed by atoms with Gasteiger partial charge in [-0.2, -0.15) is 0 Å². The van der Waals surface area contributed by atoms with Crippen LogP contribution in [0.4, 0.5) is 0 Å². The Labute approximate surface area is 68.8 Å². The van der Waals surface area contributed by atoms with Crippen LogP contribution in [0.1, 0.15) is 38.5 Å². The van der Waals surface area contributed by atoms with E-state index >= 15 is 0 Å². The smallest absolute Gasteiger partial charge is 0.0540 e. The summed E-state index contributed by atoms with van der Waals surface area (Å²) < 4.78 is 0. The Morgan fingerprint density at radius 1 is 1.18 bits per heavy atom. The van der Waals surface area contributed by atoms with Crippen molar-refractivity contribution >= 4 is 0 Å². The SMILES string of the molecule is OCCC#CC1CCCCC1. The third-order valence-corrected chi connectivity index (χ3v) is 2.15. The van der Waals surface area contributed by atoms with Crippen LogP contribution in [0, 0.1) is 17.8 Å². The zero-order valence-corrected chi connectivity index (χ0v) is 6.97. The highest BCUT2D eigenvalue weighted by molar-refractivity contribution is 5.04. The maximum absolute atomic E-state index is 8.49. The van der Waals surface area contributed by atoms with E-state index in [-0.39, 0.29) is 6.61 Å². The molecule has 1 aliphatic carbocycles. The fraction of sp³-hybridized carbons (Fsp3) is 0.800. The van der Waals surface area contributed by atoms with E-state index in [4.69, 9.17) is 5.11 Å². The summed E-state index contributed by atoms with van der Waals surface area (Å²) in [6, 6.07) is 0. The van der Waals surface area contributed by atoms with E-state index in [1.807, 2.05) is 0 Å². The minimum atomic E-state index is 0.208. The Hall–Kier alpha value is -0.480. The minimum absolute atomic E-state index is 0.208. The summed E-state index contributed by atoms with van der Waals surface area (Å²) in [5, 5.41) is 8.49. The summed E-state index contributed by atoms with van der Waals surface area (Å²) >= 11 is 0. The molecule has 1 nitrogen and oxygen atoms in total. The summed E-state index contributed by atoms with van der Waals surface area (Å²) in [5.74, 6) is 6.85. The number of rotatable bonds is 1. The number of aliphatic hydroxyl groups is 1. The number of hydrogen-bond acceptors (Lipinski definition) is 1. The Kier molecular flexibility index (Phi) is 4.08. The van der Waals surface area contributed by atoms with Crippen LogP contribution in [0.25, 0.3) is 0 Å². The van der Waals surface area contributed by atoms with Crippen molar-refractivity contribution in [2.75, 3.05) is 6.61 Å². The Balaban J connectivity index is 2.19. The van der Waals surface area contributed by atoms with Gasteiger partial charge in [0.05, 0.1) is 6.61 Å². The molecule has 0 aliphatic heterocycles. The molecule has 0 unspecified atom stereocenters. The predicted molar refractivity (Wildman–Crippen MR) is 46.1 cm³/mol. The van der Waals surface area contributed by atoms with Crippen molar-refractivity contribution in [3.8, 4) is 11.8 Å². The summed E-state index contributed by atoms with van der Waals surface area (Å²) in [7, 11) is 0. The molecule has 62 valence electrons. The van der Waals surface area contributed by atoms with E-state index in [2.05, 4.69) is 11.8 Å². The first-order chi connectivity index (χ1) is 5.43. The molecule has 1 N–H and O–H groups in total. The van der Waals surface area contributed by atoms with Gasteiger partial charge in [-0.25, -0.2) is 0 Å². The molecule has 1 heteroatoms. The molecule has 1 aliphatic rings. The zero-order chi connectivity index (χ0) is 7.94. The fourth-order valence-corrected chi connectivity index (χ4v) is 1.52. The molecule has 0 aromatic heterocycles. The molecule has 1 fully saturated rings. The normalized spacial score (nSPS) is 19.0. The monoisotopic (exact) mass is 152 g/mol. The summed E-state index contributed by atoms with van der Waals surface area (Å²) in [4.78, 5) is 0. The molecule has 0 saturated heterocycles. The van der Waals surface area contributed by atoms with Gasteiger partial charge >= 0.3 is 0 Å². The van der Waals surface area contributed by atoms with E-state index < -0.39 is 0 Å². The molecule has 0 radical (unpaired) electrons. The standard InChI is InChI=1S/C10H16O/c11-9-5-4-8-10-6-2-1-3-7-10/h10-11H,1-3,5-7,9H2. The zero-order valence-electron chi connectivity index (χ0n) is 6.97. The van der Waals surface area contributed by atoms with Gasteiger partial charge in [0.25, 0.3) is 0 Å². The molecule has 0 amide bonds. The Morgan fingerprint density at radius 2 is 1.91 bits per heavy atom. The van der Waals surface area contributed by atoms with Crippen molar-refractivity contribution < 1.29 is 5.11 Å². The first-order valence-electron chi connectivity index (χ1n) is 4.52. The maximum atomic E-state index is 8.49. The van der Waals surface area contributed by atoms with Crippen molar-refractivity contribution in [3.05, 3.63) is 0 Å². The van der Waals surface area contributed by atoms with Crippen LogP contribution in [0.3, 0.4) is 0 Å². The average molecular weight is 152 g/mol. The lowest BCUT2D eigenvalue weighted by Crippen LogP contribution is -2.02. The predicted octanol–water partition coefficient (Wildman–Crippen LogP) is 1.95. The van der Waals surface area contributed by atoms with Crippen LogP contribution in [0.15, 0.2) is 0 Å². The Bertz CT molecular complexity index is 146. The molecular formula is C10H16O. The lowest BCUT2D eigenvalue weighted by Gasteiger charge is -2.15. The average Bonchev–Trinajstić information content (AvgIpc) is 2.07. The molecule has 1 saturated carbocycles. The van der Waals surface area contributed by atoms with Crippen LogP contribution in [-0.4, -0.2) is 11.7 Å². The van der Waals surface area contributed by atoms with Gasteiger partial charge in [0.15, 0.2) is 0 Å².